The molecule has 12 heteroatoms. The van der Waals surface area contributed by atoms with Crippen LogP contribution in [0.3, 0.4) is 0 Å². The van der Waals surface area contributed by atoms with Gasteiger partial charge < -0.3 is 14.4 Å². The molecule has 1 aliphatic heterocycles. The van der Waals surface area contributed by atoms with E-state index in [2.05, 4.69) is 4.74 Å². The van der Waals surface area contributed by atoms with Crippen molar-refractivity contribution in [2.45, 2.75) is 17.7 Å². The number of alkyl halides is 3. The summed E-state index contributed by atoms with van der Waals surface area (Å²) in [4.78, 5) is 6.65. The van der Waals surface area contributed by atoms with Gasteiger partial charge in [0, 0.05) is 38.0 Å². The molecule has 0 saturated carbocycles. The molecule has 1 fully saturated rings. The Kier molecular flexibility index (Phi) is 7.01. The maximum Gasteiger partial charge on any atom is 0.573 e. The van der Waals surface area contributed by atoms with E-state index in [4.69, 9.17) is 9.72 Å². The number of benzene rings is 2. The van der Waals surface area contributed by atoms with Crippen molar-refractivity contribution in [1.82, 2.24) is 9.29 Å². The molecular formula is C22H22F3N3O4S2. The largest absolute Gasteiger partial charge is 0.573 e. The average molecular weight is 514 g/mol. The van der Waals surface area contributed by atoms with Gasteiger partial charge in [-0.2, -0.15) is 4.31 Å². The van der Waals surface area contributed by atoms with Crippen molar-refractivity contribution in [2.75, 3.05) is 38.2 Å². The van der Waals surface area contributed by atoms with Crippen LogP contribution in [0.15, 0.2) is 58.8 Å². The van der Waals surface area contributed by atoms with E-state index in [-0.39, 0.29) is 18.0 Å². The highest BCUT2D eigenvalue weighted by atomic mass is 32.2. The normalized spacial score (nSPS) is 15.4. The van der Waals surface area contributed by atoms with Crippen LogP contribution in [-0.2, 0) is 16.4 Å². The molecule has 0 unspecified atom stereocenters. The van der Waals surface area contributed by atoms with Crippen molar-refractivity contribution in [3.05, 3.63) is 65.2 Å². The van der Waals surface area contributed by atoms with Gasteiger partial charge in [0.15, 0.2) is 5.13 Å². The number of halogens is 3. The van der Waals surface area contributed by atoms with Gasteiger partial charge in [-0.25, -0.2) is 13.4 Å². The Morgan fingerprint density at radius 2 is 1.59 bits per heavy atom. The van der Waals surface area contributed by atoms with E-state index >= 15 is 0 Å². The number of aromatic nitrogens is 1. The molecule has 7 nitrogen and oxygen atoms in total. The second-order valence-corrected chi connectivity index (χ2v) is 10.3. The maximum absolute atomic E-state index is 12.9. The number of thiazole rings is 1. The zero-order valence-electron chi connectivity index (χ0n) is 18.2. The summed E-state index contributed by atoms with van der Waals surface area (Å²) in [7, 11) is -2.21. The van der Waals surface area contributed by atoms with E-state index in [1.54, 1.807) is 7.11 Å². The summed E-state index contributed by atoms with van der Waals surface area (Å²) in [5.41, 5.74) is 2.04. The number of anilines is 1. The molecule has 0 radical (unpaired) electrons. The van der Waals surface area contributed by atoms with Crippen LogP contribution in [-0.4, -0.2) is 57.4 Å². The predicted molar refractivity (Wildman–Crippen MR) is 122 cm³/mol. The molecular weight excluding hydrogens is 491 g/mol. The Balaban J connectivity index is 1.35. The standard InChI is InChI=1S/C22H22F3N3O4S2/c1-31-18-4-2-16(3-5-18)14-17-15-33-21(26-17)27-10-12-28(13-11-27)34(29,30)20-8-6-19(7-9-20)32-22(23,24)25/h2-9,15H,10-14H2,1H3. The Bertz CT molecular complexity index is 1210. The van der Waals surface area contributed by atoms with E-state index < -0.39 is 22.1 Å². The molecule has 34 heavy (non-hydrogen) atoms. The van der Waals surface area contributed by atoms with Gasteiger partial charge in [0.2, 0.25) is 10.0 Å². The van der Waals surface area contributed by atoms with Crippen molar-refractivity contribution < 1.29 is 31.1 Å². The molecule has 182 valence electrons. The van der Waals surface area contributed by atoms with Crippen molar-refractivity contribution in [3.63, 3.8) is 0 Å². The van der Waals surface area contributed by atoms with Crippen LogP contribution in [0, 0.1) is 0 Å². The molecule has 3 aromatic rings. The Morgan fingerprint density at radius 1 is 0.971 bits per heavy atom. The van der Waals surface area contributed by atoms with Crippen LogP contribution in [0.4, 0.5) is 18.3 Å². The number of sulfonamides is 1. The number of hydrogen-bond donors (Lipinski definition) is 0. The maximum atomic E-state index is 12.9. The second-order valence-electron chi connectivity index (χ2n) is 7.56. The fourth-order valence-electron chi connectivity index (χ4n) is 3.56. The Hall–Kier alpha value is -2.83. The summed E-state index contributed by atoms with van der Waals surface area (Å²) in [6.45, 7) is 1.42. The van der Waals surface area contributed by atoms with Gasteiger partial charge in [0.1, 0.15) is 11.5 Å². The van der Waals surface area contributed by atoms with Crippen molar-refractivity contribution in [1.29, 1.82) is 0 Å². The molecule has 0 atom stereocenters. The van der Waals surface area contributed by atoms with Crippen LogP contribution in [0.1, 0.15) is 11.3 Å². The van der Waals surface area contributed by atoms with Crippen LogP contribution >= 0.6 is 11.3 Å². The number of piperazine rings is 1. The first-order valence-electron chi connectivity index (χ1n) is 10.3. The first-order valence-corrected chi connectivity index (χ1v) is 12.6. The summed E-state index contributed by atoms with van der Waals surface area (Å²) < 4.78 is 73.1. The lowest BCUT2D eigenvalue weighted by molar-refractivity contribution is -0.274. The highest BCUT2D eigenvalue weighted by Gasteiger charge is 2.32. The van der Waals surface area contributed by atoms with E-state index in [1.165, 1.54) is 15.6 Å². The van der Waals surface area contributed by atoms with Gasteiger partial charge in [0.25, 0.3) is 0 Å². The summed E-state index contributed by atoms with van der Waals surface area (Å²) >= 11 is 1.51. The topological polar surface area (TPSA) is 72.0 Å². The Labute approximate surface area is 199 Å². The minimum atomic E-state index is -4.83. The van der Waals surface area contributed by atoms with E-state index in [0.29, 0.717) is 19.5 Å². The molecule has 4 rings (SSSR count). The van der Waals surface area contributed by atoms with Gasteiger partial charge in [-0.3, -0.25) is 0 Å². The number of methoxy groups -OCH3 is 1. The van der Waals surface area contributed by atoms with Gasteiger partial charge in [-0.15, -0.1) is 24.5 Å². The summed E-state index contributed by atoms with van der Waals surface area (Å²) in [5, 5.41) is 2.82. The lowest BCUT2D eigenvalue weighted by Crippen LogP contribution is -2.48. The van der Waals surface area contributed by atoms with Crippen LogP contribution < -0.4 is 14.4 Å². The molecule has 0 bridgehead atoms. The third kappa shape index (κ3) is 5.80. The lowest BCUT2D eigenvalue weighted by Gasteiger charge is -2.33. The summed E-state index contributed by atoms with van der Waals surface area (Å²) in [5.74, 6) is 0.326. The zero-order valence-corrected chi connectivity index (χ0v) is 19.8. The number of nitrogens with zero attached hydrogens (tertiary/aromatic N) is 3. The van der Waals surface area contributed by atoms with Crippen LogP contribution in [0.2, 0.25) is 0 Å². The SMILES string of the molecule is COc1ccc(Cc2csc(N3CCN(S(=O)(=O)c4ccc(OC(F)(F)F)cc4)CC3)n2)cc1. The Morgan fingerprint density at radius 3 is 2.18 bits per heavy atom. The highest BCUT2D eigenvalue weighted by molar-refractivity contribution is 7.89. The molecule has 1 aliphatic rings. The second kappa shape index (κ2) is 9.80. The lowest BCUT2D eigenvalue weighted by atomic mass is 10.1. The molecule has 2 aromatic carbocycles. The molecule has 0 spiro atoms. The number of ether oxygens (including phenoxy) is 2. The van der Waals surface area contributed by atoms with E-state index in [1.807, 2.05) is 34.5 Å². The minimum absolute atomic E-state index is 0.0773. The monoisotopic (exact) mass is 513 g/mol. The zero-order chi connectivity index (χ0) is 24.3. The molecule has 0 amide bonds. The van der Waals surface area contributed by atoms with Crippen molar-refractivity contribution in [3.8, 4) is 11.5 Å². The molecule has 0 N–H and O–H groups in total. The fraction of sp³-hybridized carbons (Fsp3) is 0.318. The molecule has 0 aliphatic carbocycles. The molecule has 2 heterocycles. The van der Waals surface area contributed by atoms with Gasteiger partial charge in [-0.05, 0) is 42.0 Å². The number of hydrogen-bond acceptors (Lipinski definition) is 7. The smallest absolute Gasteiger partial charge is 0.497 e. The van der Waals surface area contributed by atoms with Crippen LogP contribution in [0.25, 0.3) is 0 Å². The highest BCUT2D eigenvalue weighted by Crippen LogP contribution is 2.27. The third-order valence-corrected chi connectivity index (χ3v) is 8.15. The van der Waals surface area contributed by atoms with Crippen molar-refractivity contribution in [2.24, 2.45) is 0 Å². The fourth-order valence-corrected chi connectivity index (χ4v) is 5.86. The van der Waals surface area contributed by atoms with E-state index in [0.717, 1.165) is 46.4 Å². The van der Waals surface area contributed by atoms with Crippen LogP contribution in [0.5, 0.6) is 11.5 Å². The summed E-state index contributed by atoms with van der Waals surface area (Å²) in [6.07, 6.45) is -4.15. The number of rotatable bonds is 7. The quantitative estimate of drug-likeness (QED) is 0.473. The minimum Gasteiger partial charge on any atom is -0.497 e. The first-order chi connectivity index (χ1) is 16.1. The van der Waals surface area contributed by atoms with Gasteiger partial charge in [-0.1, -0.05) is 12.1 Å². The third-order valence-electron chi connectivity index (χ3n) is 5.29. The molecule has 1 saturated heterocycles. The molecule has 1 aromatic heterocycles. The van der Waals surface area contributed by atoms with Crippen molar-refractivity contribution >= 4 is 26.5 Å². The van der Waals surface area contributed by atoms with E-state index in [9.17, 15) is 21.6 Å². The van der Waals surface area contributed by atoms with Gasteiger partial charge in [0.05, 0.1) is 17.7 Å². The average Bonchev–Trinajstić information content (AvgIpc) is 3.27. The summed E-state index contributed by atoms with van der Waals surface area (Å²) in [6, 6.07) is 12.0. The predicted octanol–water partition coefficient (Wildman–Crippen LogP) is 4.15. The first kappa shape index (κ1) is 24.3. The van der Waals surface area contributed by atoms with Gasteiger partial charge >= 0.3 is 6.36 Å².